The molecule has 1 heterocycles. The van der Waals surface area contributed by atoms with E-state index >= 15 is 0 Å². The zero-order valence-corrected chi connectivity index (χ0v) is 19.0. The fourth-order valence-electron chi connectivity index (χ4n) is 4.16. The molecule has 162 valence electrons. The van der Waals surface area contributed by atoms with Gasteiger partial charge in [-0.25, -0.2) is 8.42 Å². The van der Waals surface area contributed by atoms with Crippen LogP contribution in [0.25, 0.3) is 0 Å². The normalized spacial score (nSPS) is 21.2. The zero-order chi connectivity index (χ0) is 21.2. The second-order valence-electron chi connectivity index (χ2n) is 9.38. The van der Waals surface area contributed by atoms with Gasteiger partial charge >= 0.3 is 0 Å². The first-order valence-corrected chi connectivity index (χ1v) is 12.2. The summed E-state index contributed by atoms with van der Waals surface area (Å²) in [6.45, 7) is 10.2. The molecule has 3 rings (SSSR count). The number of carbonyl (C=O) groups excluding carboxylic acids is 1. The number of sulfonamides is 1. The third-order valence-electron chi connectivity index (χ3n) is 6.26. The third kappa shape index (κ3) is 5.19. The predicted octanol–water partition coefficient (Wildman–Crippen LogP) is 2.74. The van der Waals surface area contributed by atoms with E-state index in [-0.39, 0.29) is 17.4 Å². The maximum absolute atomic E-state index is 13.0. The summed E-state index contributed by atoms with van der Waals surface area (Å²) >= 11 is 0. The summed E-state index contributed by atoms with van der Waals surface area (Å²) in [6.07, 6.45) is 4.51. The molecule has 0 unspecified atom stereocenters. The predicted molar refractivity (Wildman–Crippen MR) is 115 cm³/mol. The average Bonchev–Trinajstić information content (AvgIpc) is 3.20. The van der Waals surface area contributed by atoms with Crippen molar-refractivity contribution in [1.82, 2.24) is 14.5 Å². The molecule has 1 aromatic rings. The van der Waals surface area contributed by atoms with Crippen LogP contribution in [0.15, 0.2) is 29.2 Å². The lowest BCUT2D eigenvalue weighted by Gasteiger charge is -2.37. The van der Waals surface area contributed by atoms with E-state index in [1.165, 1.54) is 17.1 Å². The molecule has 7 heteroatoms. The van der Waals surface area contributed by atoms with E-state index in [4.69, 9.17) is 0 Å². The monoisotopic (exact) mass is 421 g/mol. The van der Waals surface area contributed by atoms with Crippen molar-refractivity contribution in [3.63, 3.8) is 0 Å². The summed E-state index contributed by atoms with van der Waals surface area (Å²) in [7, 11) is -3.51. The molecule has 1 aliphatic heterocycles. The topological polar surface area (TPSA) is 69.7 Å². The average molecular weight is 422 g/mol. The van der Waals surface area contributed by atoms with E-state index in [1.54, 1.807) is 12.1 Å². The van der Waals surface area contributed by atoms with Gasteiger partial charge < -0.3 is 5.32 Å². The van der Waals surface area contributed by atoms with Gasteiger partial charge in [0.2, 0.25) is 15.9 Å². The molecule has 1 saturated heterocycles. The summed E-state index contributed by atoms with van der Waals surface area (Å²) in [5.41, 5.74) is 1.10. The molecule has 1 saturated carbocycles. The minimum Gasteiger partial charge on any atom is -0.352 e. The van der Waals surface area contributed by atoms with Gasteiger partial charge in [0.25, 0.3) is 0 Å². The summed E-state index contributed by atoms with van der Waals surface area (Å²) in [5, 5.41) is 3.15. The van der Waals surface area contributed by atoms with Gasteiger partial charge in [0, 0.05) is 32.2 Å². The van der Waals surface area contributed by atoms with Crippen LogP contribution < -0.4 is 5.32 Å². The van der Waals surface area contributed by atoms with Crippen molar-refractivity contribution in [2.75, 3.05) is 26.2 Å². The number of nitrogens with one attached hydrogen (secondary N) is 1. The van der Waals surface area contributed by atoms with Gasteiger partial charge in [-0.3, -0.25) is 9.69 Å². The van der Waals surface area contributed by atoms with Crippen molar-refractivity contribution < 1.29 is 13.2 Å². The molecule has 2 aliphatic rings. The van der Waals surface area contributed by atoms with Gasteiger partial charge in [0.1, 0.15) is 0 Å². The Kier molecular flexibility index (Phi) is 6.70. The number of piperazine rings is 1. The smallest absolute Gasteiger partial charge is 0.243 e. The molecule has 1 atom stereocenters. The summed E-state index contributed by atoms with van der Waals surface area (Å²) in [5.74, 6) is 0.0611. The Morgan fingerprint density at radius 1 is 1.03 bits per heavy atom. The number of amides is 1. The minimum absolute atomic E-state index is 0.0108. The first-order valence-electron chi connectivity index (χ1n) is 10.7. The van der Waals surface area contributed by atoms with E-state index < -0.39 is 10.0 Å². The highest BCUT2D eigenvalue weighted by molar-refractivity contribution is 7.89. The Labute approximate surface area is 175 Å². The summed E-state index contributed by atoms with van der Waals surface area (Å²) in [4.78, 5) is 14.9. The Bertz CT molecular complexity index is 801. The van der Waals surface area contributed by atoms with Gasteiger partial charge in [0.15, 0.2) is 0 Å². The first kappa shape index (κ1) is 22.2. The van der Waals surface area contributed by atoms with E-state index in [0.29, 0.717) is 37.1 Å². The maximum Gasteiger partial charge on any atom is 0.243 e. The Morgan fingerprint density at radius 2 is 1.59 bits per heavy atom. The van der Waals surface area contributed by atoms with E-state index in [1.807, 2.05) is 19.1 Å². The molecule has 0 spiro atoms. The zero-order valence-electron chi connectivity index (χ0n) is 18.1. The van der Waals surface area contributed by atoms with Crippen molar-refractivity contribution in [1.29, 1.82) is 0 Å². The molecule has 1 aromatic carbocycles. The minimum atomic E-state index is -3.51. The lowest BCUT2D eigenvalue weighted by Crippen LogP contribution is -2.55. The number of carbonyl (C=O) groups is 1. The highest BCUT2D eigenvalue weighted by Crippen LogP contribution is 2.25. The SMILES string of the molecule is C[C@H](C(=O)NC1CCCC1)N1CCN(S(=O)(=O)c2ccc(C(C)(C)C)cc2)CC1. The molecule has 0 bridgehead atoms. The first-order chi connectivity index (χ1) is 13.6. The van der Waals surface area contributed by atoms with Crippen LogP contribution in [0.5, 0.6) is 0 Å². The van der Waals surface area contributed by atoms with Crippen molar-refractivity contribution in [3.05, 3.63) is 29.8 Å². The van der Waals surface area contributed by atoms with Crippen LogP contribution in [0.1, 0.15) is 58.9 Å². The van der Waals surface area contributed by atoms with Crippen LogP contribution >= 0.6 is 0 Å². The van der Waals surface area contributed by atoms with Crippen LogP contribution in [0.3, 0.4) is 0 Å². The maximum atomic E-state index is 13.0. The lowest BCUT2D eigenvalue weighted by molar-refractivity contribution is -0.127. The molecule has 29 heavy (non-hydrogen) atoms. The number of rotatable bonds is 5. The van der Waals surface area contributed by atoms with Crippen molar-refractivity contribution in [3.8, 4) is 0 Å². The fraction of sp³-hybridized carbons (Fsp3) is 0.682. The Balaban J connectivity index is 1.58. The largest absolute Gasteiger partial charge is 0.352 e. The fourth-order valence-corrected chi connectivity index (χ4v) is 5.59. The van der Waals surface area contributed by atoms with Gasteiger partial charge in [0.05, 0.1) is 10.9 Å². The Hall–Kier alpha value is -1.44. The molecule has 0 aromatic heterocycles. The molecule has 2 fully saturated rings. The van der Waals surface area contributed by atoms with Gasteiger partial charge in [-0.2, -0.15) is 4.31 Å². The number of benzene rings is 1. The number of hydrogen-bond donors (Lipinski definition) is 1. The molecular formula is C22H35N3O3S. The lowest BCUT2D eigenvalue weighted by atomic mass is 9.87. The number of nitrogens with zero attached hydrogens (tertiary/aromatic N) is 2. The molecule has 6 nitrogen and oxygen atoms in total. The number of hydrogen-bond acceptors (Lipinski definition) is 4. The highest BCUT2D eigenvalue weighted by Gasteiger charge is 2.32. The summed E-state index contributed by atoms with van der Waals surface area (Å²) in [6, 6.07) is 7.30. The van der Waals surface area contributed by atoms with Crippen molar-refractivity contribution in [2.45, 2.75) is 75.8 Å². The molecule has 1 amide bonds. The third-order valence-corrected chi connectivity index (χ3v) is 8.17. The molecular weight excluding hydrogens is 386 g/mol. The van der Waals surface area contributed by atoms with Crippen LogP contribution in [-0.4, -0.2) is 61.8 Å². The van der Waals surface area contributed by atoms with E-state index in [9.17, 15) is 13.2 Å². The van der Waals surface area contributed by atoms with E-state index in [2.05, 4.69) is 31.0 Å². The van der Waals surface area contributed by atoms with Gasteiger partial charge in [-0.15, -0.1) is 0 Å². The Morgan fingerprint density at radius 3 is 2.10 bits per heavy atom. The van der Waals surface area contributed by atoms with E-state index in [0.717, 1.165) is 18.4 Å². The van der Waals surface area contributed by atoms with Crippen LogP contribution in [0.2, 0.25) is 0 Å². The van der Waals surface area contributed by atoms with Crippen molar-refractivity contribution in [2.24, 2.45) is 0 Å². The quantitative estimate of drug-likeness (QED) is 0.794. The highest BCUT2D eigenvalue weighted by atomic mass is 32.2. The van der Waals surface area contributed by atoms with Crippen LogP contribution in [0, 0.1) is 0 Å². The molecule has 0 radical (unpaired) electrons. The van der Waals surface area contributed by atoms with Crippen LogP contribution in [0.4, 0.5) is 0 Å². The second kappa shape index (κ2) is 8.74. The van der Waals surface area contributed by atoms with Crippen LogP contribution in [-0.2, 0) is 20.2 Å². The molecule has 1 aliphatic carbocycles. The molecule has 1 N–H and O–H groups in total. The van der Waals surface area contributed by atoms with Gasteiger partial charge in [-0.05, 0) is 42.9 Å². The standard InChI is InChI=1S/C22H35N3O3S/c1-17(21(26)23-19-7-5-6-8-19)24-13-15-25(16-14-24)29(27,28)20-11-9-18(10-12-20)22(2,3)4/h9-12,17,19H,5-8,13-16H2,1-4H3,(H,23,26)/t17-/m1/s1. The van der Waals surface area contributed by atoms with Gasteiger partial charge in [-0.1, -0.05) is 45.7 Å². The second-order valence-corrected chi connectivity index (χ2v) is 11.3. The van der Waals surface area contributed by atoms with Crippen molar-refractivity contribution >= 4 is 15.9 Å². The summed E-state index contributed by atoms with van der Waals surface area (Å²) < 4.78 is 27.6.